The highest BCUT2D eigenvalue weighted by atomic mass is 19.2. The molecule has 0 aliphatic heterocycles. The number of hydrogen-bond acceptors (Lipinski definition) is 0. The summed E-state index contributed by atoms with van der Waals surface area (Å²) in [7, 11) is 0. The standard InChI is InChI=1S/C9H8F3/c1-2-3-6-4-8(11)9(12)5-7(6)10/h4-5H,1-3H2. The lowest BCUT2D eigenvalue weighted by Gasteiger charge is -2.01. The van der Waals surface area contributed by atoms with Crippen molar-refractivity contribution in [3.8, 4) is 0 Å². The molecule has 0 unspecified atom stereocenters. The third kappa shape index (κ3) is 1.78. The second-order valence-corrected chi connectivity index (χ2v) is 2.46. The maximum Gasteiger partial charge on any atom is 0.161 e. The number of rotatable bonds is 2. The smallest absolute Gasteiger partial charge is 0.161 e. The molecule has 1 aromatic carbocycles. The van der Waals surface area contributed by atoms with E-state index in [9.17, 15) is 13.2 Å². The van der Waals surface area contributed by atoms with Crippen molar-refractivity contribution in [1.29, 1.82) is 0 Å². The number of hydrogen-bond donors (Lipinski definition) is 0. The first kappa shape index (κ1) is 9.10. The maximum atomic E-state index is 12.8. The Kier molecular flexibility index (Phi) is 2.74. The minimum absolute atomic E-state index is 0.170. The molecule has 1 rings (SSSR count). The van der Waals surface area contributed by atoms with Gasteiger partial charge in [0.2, 0.25) is 0 Å². The molecule has 0 saturated carbocycles. The first-order valence-electron chi connectivity index (χ1n) is 3.58. The van der Waals surface area contributed by atoms with Crippen molar-refractivity contribution < 1.29 is 13.2 Å². The van der Waals surface area contributed by atoms with Gasteiger partial charge in [-0.2, -0.15) is 0 Å². The number of halogens is 3. The minimum Gasteiger partial charge on any atom is -0.207 e. The van der Waals surface area contributed by atoms with Crippen LogP contribution in [-0.4, -0.2) is 0 Å². The average Bonchev–Trinajstić information content (AvgIpc) is 2.01. The van der Waals surface area contributed by atoms with Crippen LogP contribution in [0.2, 0.25) is 0 Å². The minimum atomic E-state index is -1.15. The SMILES string of the molecule is [CH2]CCc1cc(F)c(F)cc1F. The quantitative estimate of drug-likeness (QED) is 0.603. The van der Waals surface area contributed by atoms with Gasteiger partial charge in [0.05, 0.1) is 0 Å². The first-order valence-corrected chi connectivity index (χ1v) is 3.58. The molecule has 0 saturated heterocycles. The Bertz CT molecular complexity index is 281. The van der Waals surface area contributed by atoms with Crippen molar-refractivity contribution in [3.05, 3.63) is 42.1 Å². The van der Waals surface area contributed by atoms with Crippen LogP contribution in [0.5, 0.6) is 0 Å². The van der Waals surface area contributed by atoms with Gasteiger partial charge in [0.1, 0.15) is 5.82 Å². The molecule has 0 bridgehead atoms. The van der Waals surface area contributed by atoms with Gasteiger partial charge in [-0.3, -0.25) is 0 Å². The van der Waals surface area contributed by atoms with E-state index < -0.39 is 17.5 Å². The maximum absolute atomic E-state index is 12.8. The van der Waals surface area contributed by atoms with Gasteiger partial charge in [0.25, 0.3) is 0 Å². The Labute approximate surface area is 69.0 Å². The lowest BCUT2D eigenvalue weighted by atomic mass is 10.1. The van der Waals surface area contributed by atoms with E-state index in [4.69, 9.17) is 0 Å². The Morgan fingerprint density at radius 1 is 1.00 bits per heavy atom. The first-order chi connectivity index (χ1) is 5.65. The van der Waals surface area contributed by atoms with E-state index in [1.54, 1.807) is 0 Å². The molecule has 0 fully saturated rings. The molecule has 0 spiro atoms. The third-order valence-electron chi connectivity index (χ3n) is 1.54. The van der Waals surface area contributed by atoms with Crippen LogP contribution in [0.3, 0.4) is 0 Å². The summed E-state index contributed by atoms with van der Waals surface area (Å²) < 4.78 is 37.7. The van der Waals surface area contributed by atoms with E-state index >= 15 is 0 Å². The van der Waals surface area contributed by atoms with E-state index in [2.05, 4.69) is 6.92 Å². The highest BCUT2D eigenvalue weighted by molar-refractivity contribution is 5.20. The van der Waals surface area contributed by atoms with Crippen molar-refractivity contribution in [3.63, 3.8) is 0 Å². The predicted molar refractivity (Wildman–Crippen MR) is 40.0 cm³/mol. The normalized spacial score (nSPS) is 10.3. The molecule has 0 aliphatic carbocycles. The second kappa shape index (κ2) is 3.61. The van der Waals surface area contributed by atoms with Gasteiger partial charge < -0.3 is 0 Å². The molecule has 0 amide bonds. The summed E-state index contributed by atoms with van der Waals surface area (Å²) in [5.41, 5.74) is 0.170. The van der Waals surface area contributed by atoms with E-state index in [0.717, 1.165) is 6.07 Å². The molecule has 65 valence electrons. The van der Waals surface area contributed by atoms with Gasteiger partial charge in [0.15, 0.2) is 11.6 Å². The molecule has 3 heteroatoms. The Hall–Kier alpha value is -0.990. The van der Waals surface area contributed by atoms with Crippen LogP contribution < -0.4 is 0 Å². The molecule has 0 aromatic heterocycles. The zero-order valence-electron chi connectivity index (χ0n) is 6.41. The molecule has 0 atom stereocenters. The van der Waals surface area contributed by atoms with E-state index in [0.29, 0.717) is 18.9 Å². The summed E-state index contributed by atoms with van der Waals surface area (Å²) in [6, 6.07) is 1.43. The second-order valence-electron chi connectivity index (χ2n) is 2.46. The molecule has 0 nitrogen and oxygen atoms in total. The average molecular weight is 173 g/mol. The van der Waals surface area contributed by atoms with Gasteiger partial charge >= 0.3 is 0 Å². The van der Waals surface area contributed by atoms with E-state index in [-0.39, 0.29) is 5.56 Å². The molecular formula is C9H8F3. The summed E-state index contributed by atoms with van der Waals surface area (Å²) in [5.74, 6) is -2.88. The summed E-state index contributed by atoms with van der Waals surface area (Å²) in [6.45, 7) is 3.49. The van der Waals surface area contributed by atoms with Crippen LogP contribution in [0, 0.1) is 24.4 Å². The van der Waals surface area contributed by atoms with Crippen LogP contribution in [0.25, 0.3) is 0 Å². The van der Waals surface area contributed by atoms with E-state index in [1.807, 2.05) is 0 Å². The zero-order valence-corrected chi connectivity index (χ0v) is 6.41. The van der Waals surface area contributed by atoms with Crippen molar-refractivity contribution in [1.82, 2.24) is 0 Å². The largest absolute Gasteiger partial charge is 0.207 e. The summed E-state index contributed by atoms with van der Waals surface area (Å²) in [5, 5.41) is 0. The van der Waals surface area contributed by atoms with Crippen molar-refractivity contribution >= 4 is 0 Å². The van der Waals surface area contributed by atoms with Crippen LogP contribution in [0.15, 0.2) is 12.1 Å². The van der Waals surface area contributed by atoms with Crippen LogP contribution in [0.1, 0.15) is 12.0 Å². The molecule has 1 aromatic rings. The predicted octanol–water partition coefficient (Wildman–Crippen LogP) is 2.87. The lowest BCUT2D eigenvalue weighted by Crippen LogP contribution is -1.94. The van der Waals surface area contributed by atoms with Crippen molar-refractivity contribution in [2.75, 3.05) is 0 Å². The van der Waals surface area contributed by atoms with Gasteiger partial charge in [-0.25, -0.2) is 13.2 Å². The Balaban J connectivity index is 3.05. The molecule has 1 radical (unpaired) electrons. The van der Waals surface area contributed by atoms with Crippen LogP contribution in [-0.2, 0) is 6.42 Å². The fraction of sp³-hybridized carbons (Fsp3) is 0.222. The lowest BCUT2D eigenvalue weighted by molar-refractivity contribution is 0.490. The number of aryl methyl sites for hydroxylation is 1. The van der Waals surface area contributed by atoms with Gasteiger partial charge in [-0.15, -0.1) is 0 Å². The monoisotopic (exact) mass is 173 g/mol. The summed E-state index contributed by atoms with van der Waals surface area (Å²) in [4.78, 5) is 0. The summed E-state index contributed by atoms with van der Waals surface area (Å²) >= 11 is 0. The Morgan fingerprint density at radius 2 is 1.58 bits per heavy atom. The molecule has 0 heterocycles. The molecule has 12 heavy (non-hydrogen) atoms. The fourth-order valence-electron chi connectivity index (χ4n) is 0.946. The highest BCUT2D eigenvalue weighted by Gasteiger charge is 2.08. The van der Waals surface area contributed by atoms with Crippen LogP contribution >= 0.6 is 0 Å². The Morgan fingerprint density at radius 3 is 2.17 bits per heavy atom. The molecule has 0 aliphatic rings. The van der Waals surface area contributed by atoms with Gasteiger partial charge in [-0.05, 0) is 24.5 Å². The highest BCUT2D eigenvalue weighted by Crippen LogP contribution is 2.14. The number of benzene rings is 1. The molecule has 0 N–H and O–H groups in total. The zero-order chi connectivity index (χ0) is 9.14. The molecular weight excluding hydrogens is 165 g/mol. The van der Waals surface area contributed by atoms with Gasteiger partial charge in [-0.1, -0.05) is 6.92 Å². The summed E-state index contributed by atoms with van der Waals surface area (Å²) in [6.07, 6.45) is 0.783. The van der Waals surface area contributed by atoms with E-state index in [1.165, 1.54) is 0 Å². The van der Waals surface area contributed by atoms with Crippen molar-refractivity contribution in [2.45, 2.75) is 12.8 Å². The van der Waals surface area contributed by atoms with Crippen molar-refractivity contribution in [2.24, 2.45) is 0 Å². The third-order valence-corrected chi connectivity index (χ3v) is 1.54. The topological polar surface area (TPSA) is 0 Å². The van der Waals surface area contributed by atoms with Gasteiger partial charge in [0, 0.05) is 6.07 Å². The fourth-order valence-corrected chi connectivity index (χ4v) is 0.946. The van der Waals surface area contributed by atoms with Crippen LogP contribution in [0.4, 0.5) is 13.2 Å².